The van der Waals surface area contributed by atoms with Crippen LogP contribution in [0.3, 0.4) is 0 Å². The van der Waals surface area contributed by atoms with Crippen LogP contribution in [0, 0.1) is 0 Å². The van der Waals surface area contributed by atoms with E-state index in [9.17, 15) is 14.7 Å². The van der Waals surface area contributed by atoms with Crippen molar-refractivity contribution >= 4 is 44.9 Å². The highest BCUT2D eigenvalue weighted by atomic mass is 32.1. The SMILES string of the molecule is C[C@@](O)(CNCc1cccs1)COc1cccc(-c2noc3ccsc23)c1.O=C(O)/C=C/C(=O)O. The summed E-state index contributed by atoms with van der Waals surface area (Å²) in [5.41, 5.74) is 1.57. The van der Waals surface area contributed by atoms with Crippen LogP contribution in [0.4, 0.5) is 0 Å². The number of nitrogens with one attached hydrogen (secondary N) is 1. The topological polar surface area (TPSA) is 142 Å². The molecule has 1 aromatic carbocycles. The molecule has 0 fully saturated rings. The van der Waals surface area contributed by atoms with Crippen LogP contribution in [0.1, 0.15) is 11.8 Å². The molecule has 35 heavy (non-hydrogen) atoms. The Kier molecular flexibility index (Phi) is 9.15. The Morgan fingerprint density at radius 3 is 2.57 bits per heavy atom. The van der Waals surface area contributed by atoms with Gasteiger partial charge in [0, 0.05) is 35.7 Å². The highest BCUT2D eigenvalue weighted by molar-refractivity contribution is 7.17. The van der Waals surface area contributed by atoms with Crippen LogP contribution >= 0.6 is 22.7 Å². The summed E-state index contributed by atoms with van der Waals surface area (Å²) in [6.07, 6.45) is 1.12. The highest BCUT2D eigenvalue weighted by Gasteiger charge is 2.21. The number of aromatic nitrogens is 1. The fraction of sp³-hybridized carbons (Fsp3) is 0.208. The van der Waals surface area contributed by atoms with E-state index in [-0.39, 0.29) is 6.61 Å². The van der Waals surface area contributed by atoms with E-state index in [0.29, 0.717) is 24.4 Å². The van der Waals surface area contributed by atoms with Crippen molar-refractivity contribution in [2.24, 2.45) is 0 Å². The zero-order valence-corrected chi connectivity index (χ0v) is 20.3. The van der Waals surface area contributed by atoms with E-state index in [1.165, 1.54) is 4.88 Å². The molecule has 0 bridgehead atoms. The standard InChI is InChI=1S/C20H20N2O3S2.C4H4O4/c1-20(23,12-21-11-16-6-3-8-26-16)13-24-15-5-2-4-14(10-15)18-19-17(25-22-18)7-9-27-19;5-3(6)1-2-4(7)8/h2-10,21,23H,11-13H2,1H3;1-2H,(H,5,6)(H,7,8)/b;2-1+/t20-;/m1./s1. The number of nitrogens with zero attached hydrogens (tertiary/aromatic N) is 1. The first-order chi connectivity index (χ1) is 16.7. The van der Waals surface area contributed by atoms with Gasteiger partial charge in [-0.25, -0.2) is 9.59 Å². The highest BCUT2D eigenvalue weighted by Crippen LogP contribution is 2.33. The number of thiophene rings is 2. The van der Waals surface area contributed by atoms with Crippen molar-refractivity contribution in [1.82, 2.24) is 10.5 Å². The van der Waals surface area contributed by atoms with Crippen molar-refractivity contribution in [3.8, 4) is 17.0 Å². The third-order valence-corrected chi connectivity index (χ3v) is 6.27. The molecule has 4 aromatic rings. The van der Waals surface area contributed by atoms with Crippen LogP contribution in [0.5, 0.6) is 5.75 Å². The number of hydrogen-bond donors (Lipinski definition) is 4. The monoisotopic (exact) mass is 516 g/mol. The molecule has 3 heterocycles. The zero-order chi connectivity index (χ0) is 25.3. The Bertz CT molecular complexity index is 1260. The molecule has 1 atom stereocenters. The van der Waals surface area contributed by atoms with Gasteiger partial charge in [0.05, 0.1) is 0 Å². The summed E-state index contributed by atoms with van der Waals surface area (Å²) >= 11 is 3.30. The molecular formula is C24H24N2O7S2. The fourth-order valence-corrected chi connectivity index (χ4v) is 4.39. The minimum absolute atomic E-state index is 0.196. The van der Waals surface area contributed by atoms with E-state index in [0.717, 1.165) is 28.1 Å². The maximum atomic E-state index is 10.6. The van der Waals surface area contributed by atoms with Crippen molar-refractivity contribution in [3.05, 3.63) is 70.3 Å². The van der Waals surface area contributed by atoms with E-state index in [2.05, 4.69) is 16.5 Å². The average molecular weight is 517 g/mol. The maximum Gasteiger partial charge on any atom is 0.328 e. The Morgan fingerprint density at radius 1 is 1.11 bits per heavy atom. The largest absolute Gasteiger partial charge is 0.491 e. The first-order valence-electron chi connectivity index (χ1n) is 10.4. The van der Waals surface area contributed by atoms with Gasteiger partial charge in [-0.15, -0.1) is 22.7 Å². The van der Waals surface area contributed by atoms with Gasteiger partial charge in [0.1, 0.15) is 28.4 Å². The van der Waals surface area contributed by atoms with E-state index in [4.69, 9.17) is 19.5 Å². The van der Waals surface area contributed by atoms with Gasteiger partial charge in [0.15, 0.2) is 5.58 Å². The van der Waals surface area contributed by atoms with Gasteiger partial charge in [-0.3, -0.25) is 0 Å². The lowest BCUT2D eigenvalue weighted by Gasteiger charge is -2.24. The molecule has 4 N–H and O–H groups in total. The first-order valence-corrected chi connectivity index (χ1v) is 12.1. The van der Waals surface area contributed by atoms with Crippen molar-refractivity contribution in [1.29, 1.82) is 0 Å². The molecule has 0 aliphatic heterocycles. The molecular weight excluding hydrogens is 492 g/mol. The van der Waals surface area contributed by atoms with Gasteiger partial charge in [0.2, 0.25) is 0 Å². The molecule has 11 heteroatoms. The molecule has 3 aromatic heterocycles. The number of carboxylic acids is 2. The van der Waals surface area contributed by atoms with Crippen LogP contribution < -0.4 is 10.1 Å². The first kappa shape index (κ1) is 26.1. The van der Waals surface area contributed by atoms with E-state index < -0.39 is 17.5 Å². The second kappa shape index (κ2) is 12.3. The summed E-state index contributed by atoms with van der Waals surface area (Å²) in [6, 6.07) is 13.7. The van der Waals surface area contributed by atoms with Crippen LogP contribution in [-0.2, 0) is 16.1 Å². The van der Waals surface area contributed by atoms with E-state index in [1.807, 2.05) is 47.2 Å². The van der Waals surface area contributed by atoms with Gasteiger partial charge in [-0.05, 0) is 41.9 Å². The minimum atomic E-state index is -1.26. The number of carboxylic acid groups (broad SMARTS) is 2. The van der Waals surface area contributed by atoms with Crippen molar-refractivity contribution < 1.29 is 34.2 Å². The summed E-state index contributed by atoms with van der Waals surface area (Å²) in [7, 11) is 0. The molecule has 0 amide bonds. The Labute approximate surface area is 208 Å². The number of aliphatic carboxylic acids is 2. The van der Waals surface area contributed by atoms with E-state index in [1.54, 1.807) is 29.6 Å². The summed E-state index contributed by atoms with van der Waals surface area (Å²) in [6.45, 7) is 3.15. The molecule has 0 saturated carbocycles. The molecule has 0 radical (unpaired) electrons. The molecule has 0 unspecified atom stereocenters. The number of hydrogen-bond acceptors (Lipinski definition) is 9. The van der Waals surface area contributed by atoms with Crippen LogP contribution in [0.2, 0.25) is 0 Å². The molecule has 0 aliphatic rings. The van der Waals surface area contributed by atoms with Gasteiger partial charge in [0.25, 0.3) is 0 Å². The second-order valence-electron chi connectivity index (χ2n) is 7.65. The summed E-state index contributed by atoms with van der Waals surface area (Å²) < 4.78 is 12.2. The Hall–Kier alpha value is -3.51. The summed E-state index contributed by atoms with van der Waals surface area (Å²) in [5.74, 6) is -1.82. The number of fused-ring (bicyclic) bond motifs is 1. The van der Waals surface area contributed by atoms with Crippen molar-refractivity contribution in [2.75, 3.05) is 13.2 Å². The number of aliphatic hydroxyl groups is 1. The van der Waals surface area contributed by atoms with Gasteiger partial charge >= 0.3 is 11.9 Å². The lowest BCUT2D eigenvalue weighted by Crippen LogP contribution is -2.42. The predicted molar refractivity (Wildman–Crippen MR) is 134 cm³/mol. The number of rotatable bonds is 10. The molecule has 184 valence electrons. The van der Waals surface area contributed by atoms with Crippen LogP contribution in [0.25, 0.3) is 21.5 Å². The zero-order valence-electron chi connectivity index (χ0n) is 18.7. The lowest BCUT2D eigenvalue weighted by atomic mass is 10.1. The molecule has 4 rings (SSSR count). The Balaban J connectivity index is 0.000000371. The van der Waals surface area contributed by atoms with Crippen molar-refractivity contribution in [3.63, 3.8) is 0 Å². The Morgan fingerprint density at radius 2 is 1.89 bits per heavy atom. The quantitative estimate of drug-likeness (QED) is 0.228. The fourth-order valence-electron chi connectivity index (χ4n) is 2.90. The third kappa shape index (κ3) is 8.34. The third-order valence-electron chi connectivity index (χ3n) is 4.49. The summed E-state index contributed by atoms with van der Waals surface area (Å²) in [5, 5.41) is 37.7. The van der Waals surface area contributed by atoms with Gasteiger partial charge in [-0.1, -0.05) is 23.4 Å². The predicted octanol–water partition coefficient (Wildman–Crippen LogP) is 4.25. The second-order valence-corrected chi connectivity index (χ2v) is 9.60. The number of carbonyl (C=O) groups is 2. The lowest BCUT2D eigenvalue weighted by molar-refractivity contribution is -0.134. The van der Waals surface area contributed by atoms with Crippen LogP contribution in [-0.4, -0.2) is 51.2 Å². The summed E-state index contributed by atoms with van der Waals surface area (Å²) in [4.78, 5) is 20.3. The normalized spacial score (nSPS) is 12.7. The van der Waals surface area contributed by atoms with Crippen LogP contribution in [0.15, 0.2) is 69.9 Å². The van der Waals surface area contributed by atoms with E-state index >= 15 is 0 Å². The number of benzene rings is 1. The smallest absolute Gasteiger partial charge is 0.328 e. The minimum Gasteiger partial charge on any atom is -0.491 e. The van der Waals surface area contributed by atoms with Crippen molar-refractivity contribution in [2.45, 2.75) is 19.1 Å². The molecule has 0 aliphatic carbocycles. The molecule has 9 nitrogen and oxygen atoms in total. The molecule has 0 saturated heterocycles. The number of ether oxygens (including phenoxy) is 1. The maximum absolute atomic E-state index is 10.6. The van der Waals surface area contributed by atoms with Gasteiger partial charge in [-0.2, -0.15) is 0 Å². The average Bonchev–Trinajstić information content (AvgIpc) is 3.56. The molecule has 0 spiro atoms. The van der Waals surface area contributed by atoms with Gasteiger partial charge < -0.3 is 29.9 Å².